The lowest BCUT2D eigenvalue weighted by atomic mass is 9.88. The molecule has 1 aromatic heterocycles. The maximum absolute atomic E-state index is 5.56. The molecule has 4 rings (SSSR count). The molecule has 164 valence electrons. The van der Waals surface area contributed by atoms with E-state index in [2.05, 4.69) is 53.3 Å². The van der Waals surface area contributed by atoms with Gasteiger partial charge in [-0.25, -0.2) is 4.98 Å². The van der Waals surface area contributed by atoms with Gasteiger partial charge in [0, 0.05) is 24.3 Å². The quantitative estimate of drug-likeness (QED) is 0.541. The van der Waals surface area contributed by atoms with Gasteiger partial charge in [0.2, 0.25) is 5.88 Å². The average Bonchev–Trinajstić information content (AvgIpc) is 2.80. The number of aromatic nitrogens is 1. The molecule has 3 aromatic rings. The summed E-state index contributed by atoms with van der Waals surface area (Å²) in [6, 6.07) is 17.2. The third-order valence-corrected chi connectivity index (χ3v) is 5.93. The molecule has 1 aliphatic rings. The van der Waals surface area contributed by atoms with Crippen molar-refractivity contribution in [2.45, 2.75) is 18.9 Å². The van der Waals surface area contributed by atoms with Gasteiger partial charge in [0.1, 0.15) is 0 Å². The van der Waals surface area contributed by atoms with E-state index >= 15 is 0 Å². The van der Waals surface area contributed by atoms with Crippen molar-refractivity contribution in [3.05, 3.63) is 71.4 Å². The molecule has 1 aliphatic heterocycles. The summed E-state index contributed by atoms with van der Waals surface area (Å²) in [6.07, 6.45) is 3.70. The number of methoxy groups -OCH3 is 3. The van der Waals surface area contributed by atoms with Crippen LogP contribution in [0.4, 0.5) is 0 Å². The molecular weight excluding hydrogens is 412 g/mol. The second kappa shape index (κ2) is 10.0. The van der Waals surface area contributed by atoms with Crippen molar-refractivity contribution in [2.24, 2.45) is 0 Å². The van der Waals surface area contributed by atoms with Crippen LogP contribution in [0.1, 0.15) is 22.7 Å². The maximum atomic E-state index is 5.56. The summed E-state index contributed by atoms with van der Waals surface area (Å²) < 4.78 is 16.5. The number of fused-ring (bicyclic) bond motifs is 1. The molecule has 0 amide bonds. The fraction of sp³-hybridized carbons (Fsp3) is 0.320. The van der Waals surface area contributed by atoms with Gasteiger partial charge in [-0.15, -0.1) is 12.4 Å². The van der Waals surface area contributed by atoms with Crippen LogP contribution in [0.2, 0.25) is 0 Å². The number of pyridine rings is 1. The summed E-state index contributed by atoms with van der Waals surface area (Å²) in [5.74, 6) is 2.23. The molecule has 0 aliphatic carbocycles. The van der Waals surface area contributed by atoms with E-state index in [4.69, 9.17) is 14.2 Å². The number of rotatable bonds is 6. The minimum absolute atomic E-state index is 0. The highest BCUT2D eigenvalue weighted by Crippen LogP contribution is 2.39. The number of likely N-dealkylation sites (N-methyl/N-ethyl adjacent to an activating group) is 1. The third-order valence-electron chi connectivity index (χ3n) is 5.93. The predicted octanol–water partition coefficient (Wildman–Crippen LogP) is 4.97. The molecule has 0 saturated heterocycles. The molecule has 0 spiro atoms. The monoisotopic (exact) mass is 440 g/mol. The number of ether oxygens (including phenoxy) is 3. The number of hydrogen-bond donors (Lipinski definition) is 0. The Morgan fingerprint density at radius 1 is 0.968 bits per heavy atom. The van der Waals surface area contributed by atoms with Crippen molar-refractivity contribution in [3.8, 4) is 28.5 Å². The Labute approximate surface area is 190 Å². The van der Waals surface area contributed by atoms with Crippen LogP contribution in [0, 0.1) is 0 Å². The highest BCUT2D eigenvalue weighted by molar-refractivity contribution is 5.85. The van der Waals surface area contributed by atoms with Crippen LogP contribution in [0.3, 0.4) is 0 Å². The van der Waals surface area contributed by atoms with Gasteiger partial charge in [-0.05, 0) is 66.4 Å². The minimum Gasteiger partial charge on any atom is -0.493 e. The van der Waals surface area contributed by atoms with E-state index in [1.54, 1.807) is 27.5 Å². The van der Waals surface area contributed by atoms with E-state index in [1.807, 2.05) is 12.1 Å². The van der Waals surface area contributed by atoms with Crippen LogP contribution in [-0.4, -0.2) is 44.8 Å². The summed E-state index contributed by atoms with van der Waals surface area (Å²) in [5.41, 5.74) is 6.06. The summed E-state index contributed by atoms with van der Waals surface area (Å²) >= 11 is 0. The molecule has 0 saturated carbocycles. The highest BCUT2D eigenvalue weighted by atomic mass is 35.5. The van der Waals surface area contributed by atoms with Crippen molar-refractivity contribution in [1.29, 1.82) is 0 Å². The van der Waals surface area contributed by atoms with Gasteiger partial charge in [-0.3, -0.25) is 4.90 Å². The van der Waals surface area contributed by atoms with Crippen molar-refractivity contribution in [2.75, 3.05) is 34.9 Å². The Balaban J connectivity index is 0.00000272. The molecule has 0 bridgehead atoms. The number of nitrogens with zero attached hydrogens (tertiary/aromatic N) is 2. The lowest BCUT2D eigenvalue weighted by Crippen LogP contribution is -2.33. The first-order chi connectivity index (χ1) is 14.6. The molecule has 6 heteroatoms. The summed E-state index contributed by atoms with van der Waals surface area (Å²) in [6.45, 7) is 1.03. The zero-order valence-electron chi connectivity index (χ0n) is 18.4. The fourth-order valence-corrected chi connectivity index (χ4v) is 4.24. The third kappa shape index (κ3) is 4.63. The normalized spacial score (nSPS) is 15.5. The van der Waals surface area contributed by atoms with Gasteiger partial charge in [0.05, 0.1) is 21.3 Å². The Kier molecular flexibility index (Phi) is 7.42. The molecule has 1 atom stereocenters. The molecule has 0 radical (unpaired) electrons. The van der Waals surface area contributed by atoms with E-state index in [1.165, 1.54) is 16.7 Å². The molecule has 2 heterocycles. The molecule has 31 heavy (non-hydrogen) atoms. The van der Waals surface area contributed by atoms with Gasteiger partial charge < -0.3 is 14.2 Å². The number of benzene rings is 2. The van der Waals surface area contributed by atoms with Gasteiger partial charge in [0.15, 0.2) is 11.5 Å². The first-order valence-corrected chi connectivity index (χ1v) is 10.2. The molecule has 5 nitrogen and oxygen atoms in total. The van der Waals surface area contributed by atoms with E-state index < -0.39 is 0 Å². The Bertz CT molecular complexity index is 1020. The Hall–Kier alpha value is -2.76. The molecule has 1 unspecified atom stereocenters. The largest absolute Gasteiger partial charge is 0.493 e. The van der Waals surface area contributed by atoms with Crippen molar-refractivity contribution >= 4 is 12.4 Å². The SMILES string of the molecule is COc1cc2c(cc1OC)C(Cc1ccc(-c3cccnc3OC)cc1)N(C)CC2.Cl. The van der Waals surface area contributed by atoms with Crippen LogP contribution in [0.15, 0.2) is 54.7 Å². The average molecular weight is 441 g/mol. The first kappa shape index (κ1) is 22.9. The van der Waals surface area contributed by atoms with Crippen molar-refractivity contribution in [3.63, 3.8) is 0 Å². The van der Waals surface area contributed by atoms with Crippen molar-refractivity contribution in [1.82, 2.24) is 9.88 Å². The van der Waals surface area contributed by atoms with Crippen LogP contribution in [0.5, 0.6) is 17.4 Å². The molecule has 0 fully saturated rings. The van der Waals surface area contributed by atoms with Gasteiger partial charge >= 0.3 is 0 Å². The highest BCUT2D eigenvalue weighted by Gasteiger charge is 2.27. The van der Waals surface area contributed by atoms with Crippen LogP contribution >= 0.6 is 12.4 Å². The fourth-order valence-electron chi connectivity index (χ4n) is 4.24. The number of hydrogen-bond acceptors (Lipinski definition) is 5. The van der Waals surface area contributed by atoms with Gasteiger partial charge in [0.25, 0.3) is 0 Å². The molecule has 2 aromatic carbocycles. The standard InChI is InChI=1S/C25H28N2O3.ClH/c1-27-13-11-19-15-23(28-2)24(29-3)16-21(19)22(27)14-17-7-9-18(10-8-17)20-6-5-12-26-25(20)30-4;/h5-10,12,15-16,22H,11,13-14H2,1-4H3;1H. The van der Waals surface area contributed by atoms with Gasteiger partial charge in [-0.1, -0.05) is 24.3 Å². The van der Waals surface area contributed by atoms with Crippen LogP contribution < -0.4 is 14.2 Å². The molecular formula is C25H29ClN2O3. The van der Waals surface area contributed by atoms with Crippen LogP contribution in [0.25, 0.3) is 11.1 Å². The Morgan fingerprint density at radius 2 is 1.68 bits per heavy atom. The second-order valence-corrected chi connectivity index (χ2v) is 7.61. The van der Waals surface area contributed by atoms with Crippen molar-refractivity contribution < 1.29 is 14.2 Å². The molecule has 0 N–H and O–H groups in total. The topological polar surface area (TPSA) is 43.8 Å². The first-order valence-electron chi connectivity index (χ1n) is 10.2. The van der Waals surface area contributed by atoms with E-state index in [0.29, 0.717) is 11.9 Å². The van der Waals surface area contributed by atoms with Gasteiger partial charge in [-0.2, -0.15) is 0 Å². The van der Waals surface area contributed by atoms with Crippen LogP contribution in [-0.2, 0) is 12.8 Å². The zero-order chi connectivity index (χ0) is 21.1. The maximum Gasteiger partial charge on any atom is 0.221 e. The lowest BCUT2D eigenvalue weighted by Gasteiger charge is -2.35. The minimum atomic E-state index is 0. The Morgan fingerprint density at radius 3 is 2.35 bits per heavy atom. The van der Waals surface area contributed by atoms with E-state index in [9.17, 15) is 0 Å². The lowest BCUT2D eigenvalue weighted by molar-refractivity contribution is 0.228. The summed E-state index contributed by atoms with van der Waals surface area (Å²) in [4.78, 5) is 6.73. The van der Waals surface area contributed by atoms with E-state index in [-0.39, 0.29) is 12.4 Å². The van der Waals surface area contributed by atoms with E-state index in [0.717, 1.165) is 42.0 Å². The summed E-state index contributed by atoms with van der Waals surface area (Å²) in [7, 11) is 7.23. The predicted molar refractivity (Wildman–Crippen MR) is 126 cm³/mol. The smallest absolute Gasteiger partial charge is 0.221 e. The zero-order valence-corrected chi connectivity index (χ0v) is 19.2. The summed E-state index contributed by atoms with van der Waals surface area (Å²) in [5, 5.41) is 0. The number of halogens is 1. The second-order valence-electron chi connectivity index (χ2n) is 7.61.